The summed E-state index contributed by atoms with van der Waals surface area (Å²) in [5.41, 5.74) is 0. The number of carboxylic acid groups (broad SMARTS) is 1. The number of rotatable bonds is 3. The summed E-state index contributed by atoms with van der Waals surface area (Å²) in [4.78, 5) is 23.4. The van der Waals surface area contributed by atoms with Crippen molar-refractivity contribution < 1.29 is 38.4 Å². The van der Waals surface area contributed by atoms with Crippen LogP contribution in [0, 0.1) is 0 Å². The number of ether oxygens (including phenoxy) is 5. The number of hydrogen-bond acceptors (Lipinski definition) is 7. The average molecular weight is 345 g/mol. The van der Waals surface area contributed by atoms with E-state index in [4.69, 9.17) is 28.8 Å². The molecular weight excluding hydrogens is 322 g/mol. The van der Waals surface area contributed by atoms with E-state index in [9.17, 15) is 9.59 Å². The quantitative estimate of drug-likeness (QED) is 0.733. The molecule has 3 rings (SSSR count). The molecule has 3 fully saturated rings. The minimum absolute atomic E-state index is 0.535. The van der Waals surface area contributed by atoms with Gasteiger partial charge < -0.3 is 34.1 Å². The van der Waals surface area contributed by atoms with Crippen LogP contribution in [-0.2, 0) is 33.3 Å². The first-order valence-corrected chi connectivity index (χ1v) is 7.89. The van der Waals surface area contributed by atoms with E-state index in [-0.39, 0.29) is 0 Å². The van der Waals surface area contributed by atoms with Gasteiger partial charge in [0.15, 0.2) is 24.0 Å². The number of amides is 1. The summed E-state index contributed by atoms with van der Waals surface area (Å²) in [5, 5.41) is 11.4. The molecular formula is C15H23NO8. The highest BCUT2D eigenvalue weighted by Crippen LogP contribution is 2.44. The first kappa shape index (κ1) is 17.6. The fourth-order valence-corrected chi connectivity index (χ4v) is 3.18. The van der Waals surface area contributed by atoms with Crippen molar-refractivity contribution in [2.24, 2.45) is 0 Å². The van der Waals surface area contributed by atoms with Gasteiger partial charge in [0.2, 0.25) is 0 Å². The van der Waals surface area contributed by atoms with Gasteiger partial charge in [-0.2, -0.15) is 0 Å². The van der Waals surface area contributed by atoms with Gasteiger partial charge in [-0.3, -0.25) is 9.59 Å². The number of carbonyl (C=O) groups is 2. The van der Waals surface area contributed by atoms with Crippen molar-refractivity contribution in [1.82, 2.24) is 5.32 Å². The Morgan fingerprint density at radius 2 is 1.50 bits per heavy atom. The van der Waals surface area contributed by atoms with Gasteiger partial charge in [-0.25, -0.2) is 0 Å². The zero-order valence-corrected chi connectivity index (χ0v) is 14.3. The molecule has 0 aromatic heterocycles. The molecule has 0 bridgehead atoms. The van der Waals surface area contributed by atoms with Crippen LogP contribution in [0.4, 0.5) is 0 Å². The zero-order valence-electron chi connectivity index (χ0n) is 14.3. The third-order valence-corrected chi connectivity index (χ3v) is 4.14. The van der Waals surface area contributed by atoms with Crippen molar-refractivity contribution >= 4 is 11.9 Å². The second kappa shape index (κ2) is 5.63. The first-order valence-electron chi connectivity index (χ1n) is 7.89. The summed E-state index contributed by atoms with van der Waals surface area (Å²) in [6.07, 6.45) is -3.67. The molecule has 1 amide bonds. The van der Waals surface area contributed by atoms with E-state index >= 15 is 0 Å². The van der Waals surface area contributed by atoms with Gasteiger partial charge in [-0.1, -0.05) is 0 Å². The summed E-state index contributed by atoms with van der Waals surface area (Å²) in [7, 11) is 0. The Hall–Kier alpha value is -1.26. The molecule has 0 aliphatic carbocycles. The lowest BCUT2D eigenvalue weighted by molar-refractivity contribution is -0.231. The second-order valence-corrected chi connectivity index (χ2v) is 7.16. The number of aliphatic carboxylic acids is 1. The maximum atomic E-state index is 12.5. The highest BCUT2D eigenvalue weighted by atomic mass is 16.9. The lowest BCUT2D eigenvalue weighted by Gasteiger charge is -2.36. The first-order chi connectivity index (χ1) is 11.0. The van der Waals surface area contributed by atoms with Crippen molar-refractivity contribution in [1.29, 1.82) is 0 Å². The van der Waals surface area contributed by atoms with Gasteiger partial charge in [0.05, 0.1) is 0 Å². The molecule has 0 saturated carbocycles. The third-order valence-electron chi connectivity index (χ3n) is 4.14. The molecule has 0 aromatic carbocycles. The molecule has 24 heavy (non-hydrogen) atoms. The summed E-state index contributed by atoms with van der Waals surface area (Å²) < 4.78 is 29.0. The van der Waals surface area contributed by atoms with E-state index in [0.717, 1.165) is 0 Å². The molecule has 9 nitrogen and oxygen atoms in total. The molecule has 0 spiro atoms. The highest BCUT2D eigenvalue weighted by Gasteiger charge is 2.62. The predicted molar refractivity (Wildman–Crippen MR) is 77.8 cm³/mol. The van der Waals surface area contributed by atoms with E-state index in [1.165, 1.54) is 6.92 Å². The molecule has 3 heterocycles. The number of carboxylic acids is 1. The van der Waals surface area contributed by atoms with Gasteiger partial charge >= 0.3 is 5.97 Å². The standard InChI is InChI=1S/C15H23NO8/c1-6(12(18)19)16-11(17)9-7-8(22-14(2,3)21-7)10-13(20-9)24-15(4,5)23-10/h6-10,13H,1-5H3,(H,16,17)(H,18,19)/t6-,7-,8+,9-,10-,13-/m1/s1. The molecule has 3 aliphatic heterocycles. The van der Waals surface area contributed by atoms with Crippen LogP contribution >= 0.6 is 0 Å². The monoisotopic (exact) mass is 345 g/mol. The Morgan fingerprint density at radius 3 is 2.12 bits per heavy atom. The number of carbonyl (C=O) groups excluding carboxylic acids is 1. The van der Waals surface area contributed by atoms with Gasteiger partial charge in [-0.05, 0) is 34.6 Å². The van der Waals surface area contributed by atoms with E-state index in [1.54, 1.807) is 27.7 Å². The average Bonchev–Trinajstić information content (AvgIpc) is 2.91. The van der Waals surface area contributed by atoms with Gasteiger partial charge in [0.25, 0.3) is 5.91 Å². The molecule has 0 aromatic rings. The molecule has 3 aliphatic rings. The van der Waals surface area contributed by atoms with E-state index in [2.05, 4.69) is 5.32 Å². The lowest BCUT2D eigenvalue weighted by atomic mass is 9.98. The fraction of sp³-hybridized carbons (Fsp3) is 0.867. The van der Waals surface area contributed by atoms with Crippen molar-refractivity contribution in [2.45, 2.75) is 82.9 Å². The van der Waals surface area contributed by atoms with E-state index in [0.29, 0.717) is 0 Å². The second-order valence-electron chi connectivity index (χ2n) is 7.16. The van der Waals surface area contributed by atoms with Crippen LogP contribution in [0.2, 0.25) is 0 Å². The van der Waals surface area contributed by atoms with Crippen molar-refractivity contribution in [2.75, 3.05) is 0 Å². The molecule has 0 radical (unpaired) electrons. The van der Waals surface area contributed by atoms with Crippen LogP contribution in [0.5, 0.6) is 0 Å². The highest BCUT2D eigenvalue weighted by molar-refractivity contribution is 5.86. The van der Waals surface area contributed by atoms with Crippen LogP contribution in [0.25, 0.3) is 0 Å². The molecule has 0 unspecified atom stereocenters. The number of fused-ring (bicyclic) bond motifs is 3. The Bertz CT molecular complexity index is 548. The fourth-order valence-electron chi connectivity index (χ4n) is 3.18. The van der Waals surface area contributed by atoms with Crippen LogP contribution in [-0.4, -0.2) is 65.3 Å². The van der Waals surface area contributed by atoms with Gasteiger partial charge in [0, 0.05) is 0 Å². The summed E-state index contributed by atoms with van der Waals surface area (Å²) in [6, 6.07) is -1.05. The van der Waals surface area contributed by atoms with Crippen LogP contribution in [0.1, 0.15) is 34.6 Å². The zero-order chi connectivity index (χ0) is 17.9. The van der Waals surface area contributed by atoms with Crippen molar-refractivity contribution in [3.05, 3.63) is 0 Å². The predicted octanol–water partition coefficient (Wildman–Crippen LogP) is -0.0278. The molecule has 136 valence electrons. The minimum Gasteiger partial charge on any atom is -0.480 e. The molecule has 3 saturated heterocycles. The summed E-state index contributed by atoms with van der Waals surface area (Å²) >= 11 is 0. The number of nitrogens with one attached hydrogen (secondary N) is 1. The third kappa shape index (κ3) is 3.14. The Labute approximate surface area is 139 Å². The Kier molecular flexibility index (Phi) is 4.12. The van der Waals surface area contributed by atoms with Gasteiger partial charge in [-0.15, -0.1) is 0 Å². The van der Waals surface area contributed by atoms with E-state index < -0.39 is 60.2 Å². The summed E-state index contributed by atoms with van der Waals surface area (Å²) in [5.74, 6) is -3.52. The van der Waals surface area contributed by atoms with Crippen molar-refractivity contribution in [3.8, 4) is 0 Å². The minimum atomic E-state index is -1.14. The van der Waals surface area contributed by atoms with Crippen LogP contribution < -0.4 is 5.32 Å². The SMILES string of the molecule is C[C@@H](NC(=O)[C@@H]1O[C@@H]2OC(C)(C)O[C@@H]2[C@H]2OC(C)(C)O[C@H]21)C(=O)O. The topological polar surface area (TPSA) is 113 Å². The van der Waals surface area contributed by atoms with Crippen LogP contribution in [0.3, 0.4) is 0 Å². The molecule has 9 heteroatoms. The normalized spacial score (nSPS) is 40.5. The molecule has 2 N–H and O–H groups in total. The van der Waals surface area contributed by atoms with Crippen molar-refractivity contribution in [3.63, 3.8) is 0 Å². The Morgan fingerprint density at radius 1 is 0.958 bits per heavy atom. The maximum absolute atomic E-state index is 12.5. The Balaban J connectivity index is 1.82. The number of hydrogen-bond donors (Lipinski definition) is 2. The molecule has 6 atom stereocenters. The smallest absolute Gasteiger partial charge is 0.325 e. The summed E-state index contributed by atoms with van der Waals surface area (Å²) in [6.45, 7) is 8.32. The largest absolute Gasteiger partial charge is 0.480 e. The lowest BCUT2D eigenvalue weighted by Crippen LogP contribution is -2.60. The maximum Gasteiger partial charge on any atom is 0.325 e. The van der Waals surface area contributed by atoms with E-state index in [1.807, 2.05) is 0 Å². The van der Waals surface area contributed by atoms with Gasteiger partial charge in [0.1, 0.15) is 24.4 Å². The van der Waals surface area contributed by atoms with Crippen LogP contribution in [0.15, 0.2) is 0 Å².